The van der Waals surface area contributed by atoms with Gasteiger partial charge in [0.25, 0.3) is 0 Å². The van der Waals surface area contributed by atoms with Crippen molar-refractivity contribution in [2.45, 2.75) is 13.3 Å². The van der Waals surface area contributed by atoms with Gasteiger partial charge >= 0.3 is 0 Å². The number of hydrogen-bond acceptors (Lipinski definition) is 5. The molecule has 1 atom stereocenters. The van der Waals surface area contributed by atoms with E-state index < -0.39 is 0 Å². The molecular weight excluding hydrogens is 234 g/mol. The first kappa shape index (κ1) is 12.2. The molecule has 0 bridgehead atoms. The molecule has 15 heavy (non-hydrogen) atoms. The lowest BCUT2D eigenvalue weighted by atomic mass is 10.1. The standard InChI is InChI=1S/C9H12ClN3OS/c1-6(2-3-14)5-12-9-13-8(10)7(4-11)15-9/h6,14H,2-3,5H2,1H3,(H,12,13). The molecule has 1 unspecified atom stereocenters. The molecule has 0 aliphatic rings. The molecule has 0 amide bonds. The number of nitriles is 1. The van der Waals surface area contributed by atoms with Gasteiger partial charge in [-0.1, -0.05) is 29.9 Å². The predicted octanol–water partition coefficient (Wildman–Crippen LogP) is 2.10. The number of aliphatic hydroxyl groups excluding tert-OH is 1. The van der Waals surface area contributed by atoms with Crippen LogP contribution in [0.25, 0.3) is 0 Å². The smallest absolute Gasteiger partial charge is 0.185 e. The van der Waals surface area contributed by atoms with E-state index in [1.807, 2.05) is 13.0 Å². The van der Waals surface area contributed by atoms with Gasteiger partial charge in [0.2, 0.25) is 0 Å². The molecule has 82 valence electrons. The summed E-state index contributed by atoms with van der Waals surface area (Å²) in [5.41, 5.74) is 0. The van der Waals surface area contributed by atoms with Gasteiger partial charge in [-0.25, -0.2) is 4.98 Å². The van der Waals surface area contributed by atoms with E-state index >= 15 is 0 Å². The molecule has 0 aliphatic heterocycles. The van der Waals surface area contributed by atoms with Gasteiger partial charge in [-0.2, -0.15) is 5.26 Å². The summed E-state index contributed by atoms with van der Waals surface area (Å²) < 4.78 is 0. The van der Waals surface area contributed by atoms with E-state index in [2.05, 4.69) is 10.3 Å². The maximum absolute atomic E-state index is 8.72. The predicted molar refractivity (Wildman–Crippen MR) is 61.2 cm³/mol. The van der Waals surface area contributed by atoms with Crippen molar-refractivity contribution in [2.75, 3.05) is 18.5 Å². The first-order chi connectivity index (χ1) is 7.17. The van der Waals surface area contributed by atoms with Crippen molar-refractivity contribution in [2.24, 2.45) is 5.92 Å². The van der Waals surface area contributed by atoms with Crippen molar-refractivity contribution in [3.8, 4) is 6.07 Å². The highest BCUT2D eigenvalue weighted by Crippen LogP contribution is 2.25. The van der Waals surface area contributed by atoms with Crippen LogP contribution in [0.4, 0.5) is 5.13 Å². The fraction of sp³-hybridized carbons (Fsp3) is 0.556. The second-order valence-corrected chi connectivity index (χ2v) is 4.61. The highest BCUT2D eigenvalue weighted by molar-refractivity contribution is 7.16. The third-order valence-corrected chi connectivity index (χ3v) is 3.21. The minimum atomic E-state index is 0.185. The normalized spacial score (nSPS) is 12.1. The first-order valence-electron chi connectivity index (χ1n) is 4.58. The molecule has 0 saturated carbocycles. The Morgan fingerprint density at radius 2 is 2.47 bits per heavy atom. The molecule has 0 aliphatic carbocycles. The summed E-state index contributed by atoms with van der Waals surface area (Å²) in [5, 5.41) is 21.4. The Hall–Kier alpha value is -0.830. The summed E-state index contributed by atoms with van der Waals surface area (Å²) in [6, 6.07) is 1.97. The largest absolute Gasteiger partial charge is 0.396 e. The van der Waals surface area contributed by atoms with Gasteiger partial charge in [0.05, 0.1) is 0 Å². The van der Waals surface area contributed by atoms with Gasteiger partial charge in [0.1, 0.15) is 10.9 Å². The Morgan fingerprint density at radius 1 is 1.73 bits per heavy atom. The Labute approximate surface area is 97.5 Å². The summed E-state index contributed by atoms with van der Waals surface area (Å²) in [6.07, 6.45) is 0.747. The molecule has 1 rings (SSSR count). The van der Waals surface area contributed by atoms with Crippen LogP contribution in [-0.2, 0) is 0 Å². The maximum Gasteiger partial charge on any atom is 0.185 e. The number of nitrogens with zero attached hydrogens (tertiary/aromatic N) is 2. The van der Waals surface area contributed by atoms with Gasteiger partial charge in [-0.15, -0.1) is 0 Å². The van der Waals surface area contributed by atoms with E-state index in [1.165, 1.54) is 11.3 Å². The van der Waals surface area contributed by atoms with Gasteiger partial charge in [0, 0.05) is 13.2 Å². The molecular formula is C9H12ClN3OS. The monoisotopic (exact) mass is 245 g/mol. The van der Waals surface area contributed by atoms with E-state index in [-0.39, 0.29) is 11.8 Å². The minimum absolute atomic E-state index is 0.185. The van der Waals surface area contributed by atoms with E-state index in [0.29, 0.717) is 15.9 Å². The highest BCUT2D eigenvalue weighted by Gasteiger charge is 2.09. The molecule has 1 aromatic rings. The van der Waals surface area contributed by atoms with E-state index in [0.717, 1.165) is 13.0 Å². The summed E-state index contributed by atoms with van der Waals surface area (Å²) in [7, 11) is 0. The first-order valence-corrected chi connectivity index (χ1v) is 5.78. The molecule has 0 fully saturated rings. The average molecular weight is 246 g/mol. The molecule has 4 nitrogen and oxygen atoms in total. The zero-order valence-electron chi connectivity index (χ0n) is 8.33. The van der Waals surface area contributed by atoms with Gasteiger partial charge in [-0.3, -0.25) is 0 Å². The third-order valence-electron chi connectivity index (χ3n) is 1.91. The topological polar surface area (TPSA) is 68.9 Å². The SMILES string of the molecule is CC(CCO)CNc1nc(Cl)c(C#N)s1. The van der Waals surface area contributed by atoms with Crippen molar-refractivity contribution in [1.29, 1.82) is 5.26 Å². The second kappa shape index (κ2) is 5.91. The van der Waals surface area contributed by atoms with Crippen LogP contribution < -0.4 is 5.32 Å². The number of thiazole rings is 1. The summed E-state index contributed by atoms with van der Waals surface area (Å²) in [4.78, 5) is 4.43. The Balaban J connectivity index is 2.48. The summed E-state index contributed by atoms with van der Waals surface area (Å²) in [5.74, 6) is 0.364. The molecule has 6 heteroatoms. The molecule has 0 radical (unpaired) electrons. The number of aliphatic hydroxyl groups is 1. The second-order valence-electron chi connectivity index (χ2n) is 3.25. The fourth-order valence-electron chi connectivity index (χ4n) is 1.03. The van der Waals surface area contributed by atoms with Gasteiger partial charge in [-0.05, 0) is 12.3 Å². The zero-order chi connectivity index (χ0) is 11.3. The Morgan fingerprint density at radius 3 is 3.00 bits per heavy atom. The van der Waals surface area contributed by atoms with Crippen molar-refractivity contribution in [3.05, 3.63) is 10.0 Å². The number of nitrogens with one attached hydrogen (secondary N) is 1. The van der Waals surface area contributed by atoms with Crippen LogP contribution >= 0.6 is 22.9 Å². The number of aromatic nitrogens is 1. The Kier molecular flexibility index (Phi) is 4.82. The van der Waals surface area contributed by atoms with E-state index in [9.17, 15) is 0 Å². The van der Waals surface area contributed by atoms with Crippen LogP contribution in [0.1, 0.15) is 18.2 Å². The number of anilines is 1. The van der Waals surface area contributed by atoms with Crippen LogP contribution in [0.15, 0.2) is 0 Å². The van der Waals surface area contributed by atoms with Crippen LogP contribution in [-0.4, -0.2) is 23.2 Å². The molecule has 0 saturated heterocycles. The van der Waals surface area contributed by atoms with Crippen LogP contribution in [0.5, 0.6) is 0 Å². The van der Waals surface area contributed by atoms with Crippen LogP contribution in [0, 0.1) is 17.2 Å². The lowest BCUT2D eigenvalue weighted by molar-refractivity contribution is 0.266. The van der Waals surface area contributed by atoms with Crippen molar-refractivity contribution in [1.82, 2.24) is 4.98 Å². The summed E-state index contributed by atoms with van der Waals surface area (Å²) in [6.45, 7) is 2.93. The highest BCUT2D eigenvalue weighted by atomic mass is 35.5. The lowest BCUT2D eigenvalue weighted by Gasteiger charge is -2.09. The molecule has 1 aromatic heterocycles. The number of halogens is 1. The molecule has 1 heterocycles. The molecule has 2 N–H and O–H groups in total. The van der Waals surface area contributed by atoms with Gasteiger partial charge < -0.3 is 10.4 Å². The third kappa shape index (κ3) is 3.67. The number of hydrogen-bond donors (Lipinski definition) is 2. The Bertz CT molecular complexity index is 361. The lowest BCUT2D eigenvalue weighted by Crippen LogP contribution is -2.12. The van der Waals surface area contributed by atoms with Crippen molar-refractivity contribution in [3.63, 3.8) is 0 Å². The molecule has 0 aromatic carbocycles. The maximum atomic E-state index is 8.72. The summed E-state index contributed by atoms with van der Waals surface area (Å²) >= 11 is 6.96. The number of rotatable bonds is 5. The van der Waals surface area contributed by atoms with Crippen LogP contribution in [0.3, 0.4) is 0 Å². The average Bonchev–Trinajstić information content (AvgIpc) is 2.56. The van der Waals surface area contributed by atoms with Crippen molar-refractivity contribution >= 4 is 28.1 Å². The van der Waals surface area contributed by atoms with Gasteiger partial charge in [0.15, 0.2) is 10.3 Å². The zero-order valence-corrected chi connectivity index (χ0v) is 9.90. The van der Waals surface area contributed by atoms with E-state index in [4.69, 9.17) is 22.0 Å². The van der Waals surface area contributed by atoms with Crippen LogP contribution in [0.2, 0.25) is 5.15 Å². The van der Waals surface area contributed by atoms with E-state index in [1.54, 1.807) is 0 Å². The molecule has 0 spiro atoms. The fourth-order valence-corrected chi connectivity index (χ4v) is 1.98. The minimum Gasteiger partial charge on any atom is -0.396 e. The quantitative estimate of drug-likeness (QED) is 0.834. The van der Waals surface area contributed by atoms with Crippen molar-refractivity contribution < 1.29 is 5.11 Å².